The van der Waals surface area contributed by atoms with Crippen LogP contribution in [-0.4, -0.2) is 19.5 Å². The molecule has 0 fully saturated rings. The van der Waals surface area contributed by atoms with Crippen molar-refractivity contribution in [2.45, 2.75) is 19.3 Å². The second-order valence-corrected chi connectivity index (χ2v) is 8.63. The van der Waals surface area contributed by atoms with E-state index in [4.69, 9.17) is 9.40 Å². The standard InChI is InChI=1S/C28H20N4O2/c33-28-23(16-18-7-5-15-34-18)30-27-26(21-13-14-29-22-10-4-3-9-20(21)22)31-25-19-8-2-1-6-17(19)11-12-24(25)32(27)28/h1-10,13-15,31H,11-12,16H2. The van der Waals surface area contributed by atoms with Gasteiger partial charge in [0.1, 0.15) is 11.5 Å². The van der Waals surface area contributed by atoms with Gasteiger partial charge in [0.2, 0.25) is 0 Å². The number of aromatic nitrogens is 4. The summed E-state index contributed by atoms with van der Waals surface area (Å²) in [7, 11) is 0. The van der Waals surface area contributed by atoms with E-state index in [9.17, 15) is 4.79 Å². The highest BCUT2D eigenvalue weighted by atomic mass is 16.3. The molecule has 4 heterocycles. The van der Waals surface area contributed by atoms with Gasteiger partial charge < -0.3 is 9.40 Å². The predicted octanol–water partition coefficient (Wildman–Crippen LogP) is 5.16. The van der Waals surface area contributed by atoms with E-state index in [1.54, 1.807) is 12.5 Å². The van der Waals surface area contributed by atoms with Crippen LogP contribution in [0.15, 0.2) is 88.4 Å². The molecule has 1 aliphatic carbocycles. The molecule has 0 atom stereocenters. The van der Waals surface area contributed by atoms with Crippen LogP contribution in [0, 0.1) is 0 Å². The van der Waals surface area contributed by atoms with Gasteiger partial charge in [-0.1, -0.05) is 42.5 Å². The molecule has 0 radical (unpaired) electrons. The average Bonchev–Trinajstić information content (AvgIpc) is 3.51. The molecule has 2 aliphatic heterocycles. The first-order valence-corrected chi connectivity index (χ1v) is 11.4. The van der Waals surface area contributed by atoms with Crippen LogP contribution in [0.5, 0.6) is 0 Å². The van der Waals surface area contributed by atoms with Gasteiger partial charge in [-0.3, -0.25) is 14.3 Å². The molecule has 2 aromatic carbocycles. The predicted molar refractivity (Wildman–Crippen MR) is 130 cm³/mol. The summed E-state index contributed by atoms with van der Waals surface area (Å²) in [5.41, 5.74) is 7.43. The highest BCUT2D eigenvalue weighted by Gasteiger charge is 2.29. The number of hydrogen-bond donors (Lipinski definition) is 1. The number of aryl methyl sites for hydroxylation is 1. The van der Waals surface area contributed by atoms with Crippen LogP contribution in [0.25, 0.3) is 39.2 Å². The first-order chi connectivity index (χ1) is 16.8. The van der Waals surface area contributed by atoms with Crippen LogP contribution in [0.3, 0.4) is 0 Å². The monoisotopic (exact) mass is 444 g/mol. The highest BCUT2D eigenvalue weighted by Crippen LogP contribution is 2.38. The second-order valence-electron chi connectivity index (χ2n) is 8.63. The van der Waals surface area contributed by atoms with Crippen LogP contribution in [0.1, 0.15) is 22.7 Å². The van der Waals surface area contributed by atoms with Gasteiger partial charge in [-0.15, -0.1) is 0 Å². The summed E-state index contributed by atoms with van der Waals surface area (Å²) in [5.74, 6) is 1.36. The molecule has 1 N–H and O–H groups in total. The Labute approximate surface area is 194 Å². The Hall–Kier alpha value is -4.45. The van der Waals surface area contributed by atoms with E-state index in [1.807, 2.05) is 47.0 Å². The van der Waals surface area contributed by atoms with Gasteiger partial charge in [0.05, 0.1) is 35.3 Å². The Balaban J connectivity index is 1.57. The van der Waals surface area contributed by atoms with Gasteiger partial charge in [0, 0.05) is 22.7 Å². The molecule has 164 valence electrons. The van der Waals surface area contributed by atoms with E-state index < -0.39 is 0 Å². The molecule has 2 aromatic heterocycles. The summed E-state index contributed by atoms with van der Waals surface area (Å²) < 4.78 is 7.33. The Kier molecular flexibility index (Phi) is 4.08. The number of hydrogen-bond acceptors (Lipinski definition) is 4. The molecule has 4 aromatic rings. The van der Waals surface area contributed by atoms with E-state index in [-0.39, 0.29) is 5.56 Å². The molecule has 0 spiro atoms. The summed E-state index contributed by atoms with van der Waals surface area (Å²) in [5, 5.41) is 1.01. The lowest BCUT2D eigenvalue weighted by atomic mass is 9.91. The maximum Gasteiger partial charge on any atom is 0.278 e. The van der Waals surface area contributed by atoms with Crippen molar-refractivity contribution in [3.8, 4) is 28.3 Å². The fourth-order valence-corrected chi connectivity index (χ4v) is 5.12. The van der Waals surface area contributed by atoms with Gasteiger partial charge in [-0.25, -0.2) is 4.98 Å². The van der Waals surface area contributed by atoms with Crippen molar-refractivity contribution in [2.24, 2.45) is 0 Å². The zero-order valence-corrected chi connectivity index (χ0v) is 18.3. The first kappa shape index (κ1) is 19.1. The SMILES string of the molecule is O=c1c(Cc2ccco2)nc2c(-c3ccnc4ccccc34)[nH]c3c(n1-2)CCc1ccccc1-3. The molecule has 7 rings (SSSR count). The molecule has 3 aliphatic rings. The van der Waals surface area contributed by atoms with Crippen LogP contribution in [-0.2, 0) is 19.3 Å². The molecule has 6 heteroatoms. The zero-order valence-electron chi connectivity index (χ0n) is 18.3. The molecular formula is C28H20N4O2. The lowest BCUT2D eigenvalue weighted by molar-refractivity contribution is 0.519. The third kappa shape index (κ3) is 2.78. The smallest absolute Gasteiger partial charge is 0.278 e. The zero-order chi connectivity index (χ0) is 22.6. The third-order valence-electron chi connectivity index (χ3n) is 6.69. The minimum atomic E-state index is -0.0874. The quantitative estimate of drug-likeness (QED) is 0.409. The van der Waals surface area contributed by atoms with Crippen molar-refractivity contribution >= 4 is 10.9 Å². The Morgan fingerprint density at radius 3 is 2.71 bits per heavy atom. The third-order valence-corrected chi connectivity index (χ3v) is 6.69. The van der Waals surface area contributed by atoms with Gasteiger partial charge >= 0.3 is 0 Å². The summed E-state index contributed by atoms with van der Waals surface area (Å²) in [4.78, 5) is 26.8. The lowest BCUT2D eigenvalue weighted by Gasteiger charge is -2.25. The van der Waals surface area contributed by atoms with Gasteiger partial charge in [-0.2, -0.15) is 0 Å². The van der Waals surface area contributed by atoms with Crippen LogP contribution in [0.2, 0.25) is 0 Å². The fraction of sp³-hybridized carbons (Fsp3) is 0.107. The van der Waals surface area contributed by atoms with Crippen LogP contribution < -0.4 is 5.56 Å². The minimum Gasteiger partial charge on any atom is -0.469 e. The van der Waals surface area contributed by atoms with Crippen molar-refractivity contribution in [2.75, 3.05) is 0 Å². The molecule has 34 heavy (non-hydrogen) atoms. The topological polar surface area (TPSA) is 76.7 Å². The van der Waals surface area contributed by atoms with Gasteiger partial charge in [-0.05, 0) is 42.7 Å². The summed E-state index contributed by atoms with van der Waals surface area (Å²) in [6.07, 6.45) is 5.43. The molecular weight excluding hydrogens is 424 g/mol. The number of nitrogens with one attached hydrogen (secondary N) is 1. The largest absolute Gasteiger partial charge is 0.469 e. The van der Waals surface area contributed by atoms with Crippen molar-refractivity contribution in [3.05, 3.63) is 112 Å². The summed E-state index contributed by atoms with van der Waals surface area (Å²) in [6, 6.07) is 22.1. The Morgan fingerprint density at radius 1 is 0.912 bits per heavy atom. The summed E-state index contributed by atoms with van der Waals surface area (Å²) in [6.45, 7) is 0. The molecule has 0 amide bonds. The maximum absolute atomic E-state index is 13.7. The number of para-hydroxylation sites is 1. The van der Waals surface area contributed by atoms with E-state index in [1.165, 1.54) is 5.56 Å². The van der Waals surface area contributed by atoms with Crippen LogP contribution in [0.4, 0.5) is 0 Å². The Morgan fingerprint density at radius 2 is 1.79 bits per heavy atom. The number of imidazole rings is 1. The van der Waals surface area contributed by atoms with E-state index in [0.717, 1.165) is 57.7 Å². The number of pyridine rings is 1. The molecule has 0 saturated heterocycles. The second kappa shape index (κ2) is 7.28. The number of H-pyrrole nitrogens is 1. The van der Waals surface area contributed by atoms with Crippen molar-refractivity contribution < 1.29 is 4.42 Å². The normalized spacial score (nSPS) is 12.7. The number of rotatable bonds is 3. The minimum absolute atomic E-state index is 0.0874. The van der Waals surface area contributed by atoms with E-state index in [0.29, 0.717) is 17.9 Å². The molecule has 0 bridgehead atoms. The van der Waals surface area contributed by atoms with E-state index >= 15 is 0 Å². The number of furan rings is 1. The highest BCUT2D eigenvalue weighted by molar-refractivity contribution is 5.95. The van der Waals surface area contributed by atoms with Crippen LogP contribution >= 0.6 is 0 Å². The number of benzene rings is 2. The van der Waals surface area contributed by atoms with Crippen molar-refractivity contribution in [1.82, 2.24) is 19.5 Å². The van der Waals surface area contributed by atoms with Gasteiger partial charge in [0.15, 0.2) is 5.82 Å². The molecule has 0 saturated carbocycles. The lowest BCUT2D eigenvalue weighted by Crippen LogP contribution is -2.24. The maximum atomic E-state index is 13.7. The fourth-order valence-electron chi connectivity index (χ4n) is 5.12. The van der Waals surface area contributed by atoms with E-state index in [2.05, 4.69) is 34.2 Å². The number of nitrogens with zero attached hydrogens (tertiary/aromatic N) is 3. The van der Waals surface area contributed by atoms with Gasteiger partial charge in [0.25, 0.3) is 5.56 Å². The number of aromatic amines is 1. The van der Waals surface area contributed by atoms with Crippen molar-refractivity contribution in [3.63, 3.8) is 0 Å². The number of fused-ring (bicyclic) bond motifs is 6. The average molecular weight is 444 g/mol. The summed E-state index contributed by atoms with van der Waals surface area (Å²) >= 11 is 0. The molecule has 6 nitrogen and oxygen atoms in total. The first-order valence-electron chi connectivity index (χ1n) is 11.4. The molecule has 0 unspecified atom stereocenters. The Bertz CT molecular complexity index is 1700. The van der Waals surface area contributed by atoms with Crippen molar-refractivity contribution in [1.29, 1.82) is 0 Å².